The normalized spacial score (nSPS) is 11.2. The second-order valence-electron chi connectivity index (χ2n) is 9.81. The van der Waals surface area contributed by atoms with Crippen LogP contribution >= 0.6 is 0 Å². The molecule has 0 saturated heterocycles. The van der Waals surface area contributed by atoms with Crippen LogP contribution < -0.4 is 4.90 Å². The van der Waals surface area contributed by atoms with Crippen LogP contribution in [0.3, 0.4) is 0 Å². The van der Waals surface area contributed by atoms with E-state index in [1.165, 1.54) is 29.4 Å². The van der Waals surface area contributed by atoms with E-state index in [4.69, 9.17) is 4.74 Å². The molecule has 1 atom stereocenters. The Balaban J connectivity index is 1.46. The molecule has 0 saturated carbocycles. The van der Waals surface area contributed by atoms with E-state index in [1.807, 2.05) is 18.2 Å². The molecule has 4 aromatic rings. The average molecular weight is 516 g/mol. The van der Waals surface area contributed by atoms with Crippen molar-refractivity contribution in [1.82, 2.24) is 0 Å². The average Bonchev–Trinajstić information content (AvgIpc) is 2.99. The molecule has 0 aliphatic heterocycles. The summed E-state index contributed by atoms with van der Waals surface area (Å²) in [7, 11) is 1.45. The number of nitrogens with zero attached hydrogens (tertiary/aromatic N) is 1. The lowest BCUT2D eigenvalue weighted by atomic mass is 9.96. The molecule has 39 heavy (non-hydrogen) atoms. The Kier molecular flexibility index (Phi) is 10.4. The van der Waals surface area contributed by atoms with Crippen LogP contribution in [0.4, 0.5) is 5.69 Å². The minimum atomic E-state index is -0.246. The third kappa shape index (κ3) is 8.62. The molecule has 0 fully saturated rings. The molecule has 0 aromatic heterocycles. The minimum Gasteiger partial charge on any atom is -0.469 e. The zero-order valence-electron chi connectivity index (χ0n) is 23.0. The largest absolute Gasteiger partial charge is 0.469 e. The number of benzene rings is 4. The predicted octanol–water partition coefficient (Wildman–Crippen LogP) is 7.62. The first-order chi connectivity index (χ1) is 19.1. The molecule has 0 aliphatic rings. The van der Waals surface area contributed by atoms with Crippen LogP contribution in [-0.2, 0) is 35.5 Å². The Bertz CT molecular complexity index is 1330. The molecule has 0 heterocycles. The molecular weight excluding hydrogens is 478 g/mol. The van der Waals surface area contributed by atoms with Crippen molar-refractivity contribution < 1.29 is 9.53 Å². The summed E-state index contributed by atoms with van der Waals surface area (Å²) in [5.41, 5.74) is 7.14. The smallest absolute Gasteiger partial charge is 0.309 e. The van der Waals surface area contributed by atoms with Crippen molar-refractivity contribution in [3.8, 4) is 11.8 Å². The van der Waals surface area contributed by atoms with Crippen LogP contribution in [0.15, 0.2) is 109 Å². The van der Waals surface area contributed by atoms with Gasteiger partial charge in [0.1, 0.15) is 0 Å². The number of anilines is 1. The molecule has 1 unspecified atom stereocenters. The number of carbonyl (C=O) groups is 1. The fourth-order valence-corrected chi connectivity index (χ4v) is 4.66. The van der Waals surface area contributed by atoms with Gasteiger partial charge in [0.25, 0.3) is 0 Å². The van der Waals surface area contributed by atoms with Crippen molar-refractivity contribution in [3.63, 3.8) is 0 Å². The summed E-state index contributed by atoms with van der Waals surface area (Å²) in [5, 5.41) is 0. The predicted molar refractivity (Wildman–Crippen MR) is 160 cm³/mol. The number of methoxy groups -OCH3 is 1. The van der Waals surface area contributed by atoms with Gasteiger partial charge in [-0.3, -0.25) is 4.79 Å². The molecule has 4 aromatic carbocycles. The third-order valence-electron chi connectivity index (χ3n) is 6.97. The number of ether oxygens (including phenoxy) is 1. The molecule has 0 aliphatic carbocycles. The van der Waals surface area contributed by atoms with E-state index in [-0.39, 0.29) is 11.9 Å². The summed E-state index contributed by atoms with van der Waals surface area (Å²) >= 11 is 0. The lowest BCUT2D eigenvalue weighted by Gasteiger charge is -2.25. The summed E-state index contributed by atoms with van der Waals surface area (Å²) in [6.07, 6.45) is 3.05. The van der Waals surface area contributed by atoms with Crippen molar-refractivity contribution >= 4 is 11.7 Å². The first-order valence-corrected chi connectivity index (χ1v) is 13.7. The number of carbonyl (C=O) groups excluding carboxylic acids is 1. The van der Waals surface area contributed by atoms with E-state index in [9.17, 15) is 4.79 Å². The monoisotopic (exact) mass is 515 g/mol. The molecule has 4 rings (SSSR count). The van der Waals surface area contributed by atoms with E-state index in [1.54, 1.807) is 0 Å². The summed E-state index contributed by atoms with van der Waals surface area (Å²) in [4.78, 5) is 14.8. The molecule has 198 valence electrons. The number of aryl methyl sites for hydroxylation is 2. The van der Waals surface area contributed by atoms with Gasteiger partial charge >= 0.3 is 5.97 Å². The highest BCUT2D eigenvalue weighted by Gasteiger charge is 2.18. The van der Waals surface area contributed by atoms with Crippen LogP contribution in [0, 0.1) is 17.8 Å². The number of hydrogen-bond acceptors (Lipinski definition) is 3. The van der Waals surface area contributed by atoms with E-state index < -0.39 is 0 Å². The third-order valence-corrected chi connectivity index (χ3v) is 6.97. The van der Waals surface area contributed by atoms with Crippen molar-refractivity contribution in [1.29, 1.82) is 0 Å². The van der Waals surface area contributed by atoms with Gasteiger partial charge in [-0.1, -0.05) is 110 Å². The maximum absolute atomic E-state index is 12.5. The Labute approximate surface area is 233 Å². The molecule has 0 amide bonds. The molecule has 0 N–H and O–H groups in total. The molecule has 3 nitrogen and oxygen atoms in total. The summed E-state index contributed by atoms with van der Waals surface area (Å²) in [6.45, 7) is 3.76. The number of hydrogen-bond donors (Lipinski definition) is 0. The van der Waals surface area contributed by atoms with Crippen molar-refractivity contribution in [2.24, 2.45) is 5.92 Å². The lowest BCUT2D eigenvalue weighted by molar-refractivity contribution is -0.145. The maximum atomic E-state index is 12.5. The van der Waals surface area contributed by atoms with Gasteiger partial charge in [-0.25, -0.2) is 0 Å². The fourth-order valence-electron chi connectivity index (χ4n) is 4.66. The second-order valence-corrected chi connectivity index (χ2v) is 9.81. The van der Waals surface area contributed by atoms with Gasteiger partial charge in [-0.15, -0.1) is 0 Å². The van der Waals surface area contributed by atoms with E-state index in [0.717, 1.165) is 43.6 Å². The van der Waals surface area contributed by atoms with Crippen LogP contribution in [0.5, 0.6) is 0 Å². The van der Waals surface area contributed by atoms with Gasteiger partial charge in [-0.05, 0) is 59.7 Å². The van der Waals surface area contributed by atoms with Crippen LogP contribution in [0.2, 0.25) is 0 Å². The van der Waals surface area contributed by atoms with E-state index in [2.05, 4.69) is 115 Å². The van der Waals surface area contributed by atoms with Crippen LogP contribution in [0.25, 0.3) is 0 Å². The topological polar surface area (TPSA) is 29.5 Å². The van der Waals surface area contributed by atoms with Crippen molar-refractivity contribution in [2.45, 2.75) is 45.7 Å². The minimum absolute atomic E-state index is 0.194. The van der Waals surface area contributed by atoms with Gasteiger partial charge in [0.15, 0.2) is 0 Å². The zero-order chi connectivity index (χ0) is 27.3. The first-order valence-electron chi connectivity index (χ1n) is 13.7. The van der Waals surface area contributed by atoms with Crippen molar-refractivity contribution in [3.05, 3.63) is 137 Å². The molecular formula is C36H37NO2. The molecule has 0 bridgehead atoms. The van der Waals surface area contributed by atoms with Gasteiger partial charge < -0.3 is 9.64 Å². The highest BCUT2D eigenvalue weighted by Crippen LogP contribution is 2.22. The van der Waals surface area contributed by atoms with Gasteiger partial charge in [0.2, 0.25) is 0 Å². The zero-order valence-corrected chi connectivity index (χ0v) is 23.0. The van der Waals surface area contributed by atoms with E-state index in [0.29, 0.717) is 6.42 Å². The standard InChI is InChI=1S/C36H37NO2/c1-3-29-20-22-30(23-21-29)24-25-34(36(38)39-2)18-10-16-31-17-11-19-35(26-31)37(27-32-12-6-4-7-13-32)28-33-14-8-5-9-15-33/h4-9,11-15,17,19-23,26,34H,3,18,24-25,27-28H2,1-2H3. The van der Waals surface area contributed by atoms with Gasteiger partial charge in [0, 0.05) is 30.8 Å². The number of rotatable bonds is 11. The Morgan fingerprint density at radius 3 is 1.97 bits per heavy atom. The summed E-state index contributed by atoms with van der Waals surface area (Å²) in [5.74, 6) is 6.13. The number of esters is 1. The molecule has 0 spiro atoms. The van der Waals surface area contributed by atoms with E-state index >= 15 is 0 Å². The Morgan fingerprint density at radius 2 is 1.38 bits per heavy atom. The first kappa shape index (κ1) is 27.7. The molecule has 0 radical (unpaired) electrons. The Morgan fingerprint density at radius 1 is 0.769 bits per heavy atom. The van der Waals surface area contributed by atoms with Crippen LogP contribution in [-0.4, -0.2) is 13.1 Å². The Hall–Kier alpha value is -4.29. The molecule has 3 heteroatoms. The highest BCUT2D eigenvalue weighted by atomic mass is 16.5. The lowest BCUT2D eigenvalue weighted by Crippen LogP contribution is -2.22. The highest BCUT2D eigenvalue weighted by molar-refractivity contribution is 5.72. The second kappa shape index (κ2) is 14.6. The fraction of sp³-hybridized carbons (Fsp3) is 0.250. The summed E-state index contributed by atoms with van der Waals surface area (Å²) in [6, 6.07) is 38.0. The van der Waals surface area contributed by atoms with Crippen LogP contribution in [0.1, 0.15) is 47.6 Å². The van der Waals surface area contributed by atoms with Crippen molar-refractivity contribution in [2.75, 3.05) is 12.0 Å². The quantitative estimate of drug-likeness (QED) is 0.152. The van der Waals surface area contributed by atoms with Gasteiger partial charge in [0.05, 0.1) is 13.0 Å². The van der Waals surface area contributed by atoms with Gasteiger partial charge in [-0.2, -0.15) is 0 Å². The SMILES string of the molecule is CCc1ccc(CCC(CC#Cc2cccc(N(Cc3ccccc3)Cc3ccccc3)c2)C(=O)OC)cc1. The maximum Gasteiger partial charge on any atom is 0.309 e. The summed E-state index contributed by atoms with van der Waals surface area (Å²) < 4.78 is 5.09.